The van der Waals surface area contributed by atoms with Crippen LogP contribution < -0.4 is 5.32 Å². The molecule has 0 aromatic carbocycles. The quantitative estimate of drug-likeness (QED) is 0.830. The molecule has 5 nitrogen and oxygen atoms in total. The third-order valence-corrected chi connectivity index (χ3v) is 3.12. The third-order valence-electron chi connectivity index (χ3n) is 2.34. The summed E-state index contributed by atoms with van der Waals surface area (Å²) in [6.07, 6.45) is 2.76. The monoisotopic (exact) mass is 237 g/mol. The minimum atomic E-state index is 0.152. The first-order chi connectivity index (χ1) is 7.79. The highest BCUT2D eigenvalue weighted by Crippen LogP contribution is 2.10. The van der Waals surface area contributed by atoms with Crippen LogP contribution in [0, 0.1) is 0 Å². The molecule has 0 amide bonds. The van der Waals surface area contributed by atoms with Gasteiger partial charge in [-0.25, -0.2) is 4.98 Å². The number of hydrogen-bond acceptors (Lipinski definition) is 5. The lowest BCUT2D eigenvalue weighted by atomic mass is 10.3. The maximum atomic E-state index is 4.39. The molecule has 0 aliphatic rings. The van der Waals surface area contributed by atoms with E-state index in [-0.39, 0.29) is 6.04 Å². The lowest BCUT2D eigenvalue weighted by molar-refractivity contribution is 0.551. The van der Waals surface area contributed by atoms with Gasteiger partial charge in [-0.1, -0.05) is 6.92 Å². The number of aromatic amines is 1. The van der Waals surface area contributed by atoms with Gasteiger partial charge in [0.25, 0.3) is 0 Å². The summed E-state index contributed by atoms with van der Waals surface area (Å²) in [7, 11) is 0. The largest absolute Gasteiger partial charge is 0.302 e. The van der Waals surface area contributed by atoms with Crippen molar-refractivity contribution in [3.63, 3.8) is 0 Å². The van der Waals surface area contributed by atoms with E-state index in [2.05, 4.69) is 39.3 Å². The van der Waals surface area contributed by atoms with Crippen molar-refractivity contribution in [2.75, 3.05) is 0 Å². The molecule has 0 aliphatic carbocycles. The molecule has 1 atom stereocenters. The van der Waals surface area contributed by atoms with Gasteiger partial charge in [-0.3, -0.25) is 10.1 Å². The van der Waals surface area contributed by atoms with Crippen molar-refractivity contribution in [3.05, 3.63) is 28.2 Å². The van der Waals surface area contributed by atoms with Gasteiger partial charge < -0.3 is 5.32 Å². The van der Waals surface area contributed by atoms with E-state index in [1.807, 2.05) is 11.7 Å². The highest BCUT2D eigenvalue weighted by molar-refractivity contribution is 7.09. The molecule has 2 N–H and O–H groups in total. The smallest absolute Gasteiger partial charge is 0.167 e. The molecule has 0 saturated heterocycles. The van der Waals surface area contributed by atoms with Gasteiger partial charge in [0.15, 0.2) is 5.82 Å². The second-order valence-corrected chi connectivity index (χ2v) is 4.54. The summed E-state index contributed by atoms with van der Waals surface area (Å²) in [6.45, 7) is 4.92. The van der Waals surface area contributed by atoms with E-state index in [9.17, 15) is 0 Å². The molecule has 2 aromatic rings. The Morgan fingerprint density at radius 3 is 3.06 bits per heavy atom. The molecule has 2 aromatic heterocycles. The van der Waals surface area contributed by atoms with Gasteiger partial charge in [-0.2, -0.15) is 5.10 Å². The number of aryl methyl sites for hydroxylation is 1. The molecule has 2 rings (SSSR count). The van der Waals surface area contributed by atoms with Gasteiger partial charge in [0.05, 0.1) is 11.6 Å². The van der Waals surface area contributed by atoms with Gasteiger partial charge in [0.2, 0.25) is 0 Å². The number of nitrogens with one attached hydrogen (secondary N) is 2. The molecular formula is C10H15N5S. The van der Waals surface area contributed by atoms with Crippen molar-refractivity contribution < 1.29 is 0 Å². The zero-order valence-electron chi connectivity index (χ0n) is 9.40. The predicted molar refractivity (Wildman–Crippen MR) is 63.1 cm³/mol. The normalized spacial score (nSPS) is 12.9. The molecule has 16 heavy (non-hydrogen) atoms. The molecule has 86 valence electrons. The van der Waals surface area contributed by atoms with Crippen LogP contribution in [0.2, 0.25) is 0 Å². The van der Waals surface area contributed by atoms with Crippen molar-refractivity contribution in [3.8, 4) is 0 Å². The topological polar surface area (TPSA) is 66.5 Å². The van der Waals surface area contributed by atoms with Crippen molar-refractivity contribution in [1.29, 1.82) is 0 Å². The van der Waals surface area contributed by atoms with E-state index in [0.29, 0.717) is 0 Å². The SMILES string of the molecule is CCc1nc(C(C)NCc2cncs2)n[nH]1. The average Bonchev–Trinajstić information content (AvgIpc) is 2.96. The molecule has 6 heteroatoms. The van der Waals surface area contributed by atoms with E-state index >= 15 is 0 Å². The number of aromatic nitrogens is 4. The third kappa shape index (κ3) is 2.65. The first kappa shape index (κ1) is 11.2. The number of thiazole rings is 1. The molecule has 0 bridgehead atoms. The lowest BCUT2D eigenvalue weighted by Gasteiger charge is -2.08. The predicted octanol–water partition coefficient (Wildman–Crippen LogP) is 1.67. The van der Waals surface area contributed by atoms with Crippen LogP contribution in [-0.2, 0) is 13.0 Å². The first-order valence-electron chi connectivity index (χ1n) is 5.31. The van der Waals surface area contributed by atoms with Gasteiger partial charge >= 0.3 is 0 Å². The Morgan fingerprint density at radius 2 is 2.44 bits per heavy atom. The Hall–Kier alpha value is -1.27. The Labute approximate surface area is 98.3 Å². The maximum absolute atomic E-state index is 4.39. The van der Waals surface area contributed by atoms with Crippen molar-refractivity contribution in [2.24, 2.45) is 0 Å². The average molecular weight is 237 g/mol. The Kier molecular flexibility index (Phi) is 3.63. The Morgan fingerprint density at radius 1 is 1.56 bits per heavy atom. The summed E-state index contributed by atoms with van der Waals surface area (Å²) in [4.78, 5) is 9.64. The fourth-order valence-electron chi connectivity index (χ4n) is 1.34. The minimum Gasteiger partial charge on any atom is -0.302 e. The van der Waals surface area contributed by atoms with E-state index in [1.165, 1.54) is 4.88 Å². The van der Waals surface area contributed by atoms with Crippen molar-refractivity contribution >= 4 is 11.3 Å². The number of rotatable bonds is 5. The Bertz CT molecular complexity index is 422. The summed E-state index contributed by atoms with van der Waals surface area (Å²) in [5.74, 6) is 1.75. The molecule has 0 aliphatic heterocycles. The summed E-state index contributed by atoms with van der Waals surface area (Å²) in [5.41, 5.74) is 1.84. The van der Waals surface area contributed by atoms with Crippen molar-refractivity contribution in [1.82, 2.24) is 25.5 Å². The van der Waals surface area contributed by atoms with Gasteiger partial charge in [-0.15, -0.1) is 11.3 Å². The van der Waals surface area contributed by atoms with Crippen LogP contribution in [0.25, 0.3) is 0 Å². The van der Waals surface area contributed by atoms with Crippen LogP contribution in [0.15, 0.2) is 11.7 Å². The fraction of sp³-hybridized carbons (Fsp3) is 0.500. The molecular weight excluding hydrogens is 222 g/mol. The van der Waals surface area contributed by atoms with Gasteiger partial charge in [-0.05, 0) is 6.92 Å². The summed E-state index contributed by atoms with van der Waals surface area (Å²) >= 11 is 1.65. The Balaban J connectivity index is 1.90. The van der Waals surface area contributed by atoms with E-state index in [4.69, 9.17) is 0 Å². The number of H-pyrrole nitrogens is 1. The molecule has 2 heterocycles. The molecule has 0 spiro atoms. The molecule has 0 saturated carbocycles. The highest BCUT2D eigenvalue weighted by atomic mass is 32.1. The zero-order chi connectivity index (χ0) is 11.4. The molecule has 0 radical (unpaired) electrons. The maximum Gasteiger partial charge on any atom is 0.167 e. The van der Waals surface area contributed by atoms with Gasteiger partial charge in [0, 0.05) is 24.0 Å². The second-order valence-electron chi connectivity index (χ2n) is 3.56. The van der Waals surface area contributed by atoms with Crippen LogP contribution in [0.3, 0.4) is 0 Å². The summed E-state index contributed by atoms with van der Waals surface area (Å²) in [5, 5.41) is 10.5. The van der Waals surface area contributed by atoms with Crippen LogP contribution in [0.5, 0.6) is 0 Å². The zero-order valence-corrected chi connectivity index (χ0v) is 10.2. The number of nitrogens with zero attached hydrogens (tertiary/aromatic N) is 3. The summed E-state index contributed by atoms with van der Waals surface area (Å²) in [6, 6.07) is 0.152. The first-order valence-corrected chi connectivity index (χ1v) is 6.19. The van der Waals surface area contributed by atoms with Crippen LogP contribution in [-0.4, -0.2) is 20.2 Å². The van der Waals surface area contributed by atoms with E-state index in [1.54, 1.807) is 11.3 Å². The second kappa shape index (κ2) is 5.18. The minimum absolute atomic E-state index is 0.152. The van der Waals surface area contributed by atoms with E-state index < -0.39 is 0 Å². The van der Waals surface area contributed by atoms with Crippen LogP contribution in [0.4, 0.5) is 0 Å². The summed E-state index contributed by atoms with van der Waals surface area (Å²) < 4.78 is 0. The standard InChI is InChI=1S/C10H15N5S/c1-3-9-13-10(15-14-9)7(2)12-5-8-4-11-6-16-8/h4,6-7,12H,3,5H2,1-2H3,(H,13,14,15). The fourth-order valence-corrected chi connectivity index (χ4v) is 1.88. The van der Waals surface area contributed by atoms with Gasteiger partial charge in [0.1, 0.15) is 5.82 Å². The van der Waals surface area contributed by atoms with Crippen molar-refractivity contribution in [2.45, 2.75) is 32.9 Å². The molecule has 1 unspecified atom stereocenters. The lowest BCUT2D eigenvalue weighted by Crippen LogP contribution is -2.18. The van der Waals surface area contributed by atoms with Crippen LogP contribution in [0.1, 0.15) is 36.4 Å². The number of hydrogen-bond donors (Lipinski definition) is 2. The molecule has 0 fully saturated rings. The highest BCUT2D eigenvalue weighted by Gasteiger charge is 2.10. The van der Waals surface area contributed by atoms with E-state index in [0.717, 1.165) is 24.6 Å². The van der Waals surface area contributed by atoms with Crippen LogP contribution >= 0.6 is 11.3 Å².